The van der Waals surface area contributed by atoms with Crippen LogP contribution < -0.4 is 10.9 Å². The summed E-state index contributed by atoms with van der Waals surface area (Å²) in [5.74, 6) is -0.787. The molecular weight excluding hydrogens is 262 g/mol. The van der Waals surface area contributed by atoms with E-state index < -0.39 is 17.7 Å². The third-order valence-corrected chi connectivity index (χ3v) is 3.12. The molecule has 20 heavy (non-hydrogen) atoms. The average Bonchev–Trinajstić information content (AvgIpc) is 3.11. The number of nitrogens with one attached hydrogen (secondary N) is 1. The monoisotopic (exact) mass is 279 g/mol. The summed E-state index contributed by atoms with van der Waals surface area (Å²) in [7, 11) is 0. The number of ether oxygens (including phenoxy) is 1. The first-order chi connectivity index (χ1) is 9.38. The molecule has 1 amide bonds. The number of esters is 1. The maximum Gasteiger partial charge on any atom is 0.342 e. The second-order valence-electron chi connectivity index (χ2n) is 5.01. The molecule has 6 nitrogen and oxygen atoms in total. The van der Waals surface area contributed by atoms with Gasteiger partial charge in [0, 0.05) is 12.1 Å². The Morgan fingerprint density at radius 3 is 2.60 bits per heavy atom. The van der Waals surface area contributed by atoms with E-state index >= 15 is 0 Å². The van der Waals surface area contributed by atoms with Gasteiger partial charge in [0.2, 0.25) is 0 Å². The molecule has 1 aliphatic carbocycles. The summed E-state index contributed by atoms with van der Waals surface area (Å²) in [6, 6.07) is 1.43. The van der Waals surface area contributed by atoms with E-state index in [0.717, 1.165) is 12.8 Å². The number of amides is 1. The highest BCUT2D eigenvalue weighted by Gasteiger charge is 2.28. The summed E-state index contributed by atoms with van der Waals surface area (Å²) in [6.07, 6.45) is 1.05. The van der Waals surface area contributed by atoms with Crippen LogP contribution in [-0.4, -0.2) is 24.0 Å². The van der Waals surface area contributed by atoms with Crippen LogP contribution >= 0.6 is 0 Å². The van der Waals surface area contributed by atoms with Gasteiger partial charge in [-0.2, -0.15) is 0 Å². The van der Waals surface area contributed by atoms with Gasteiger partial charge in [-0.1, -0.05) is 0 Å². The van der Waals surface area contributed by atoms with E-state index in [1.165, 1.54) is 19.9 Å². The molecule has 1 atom stereocenters. The molecule has 1 heterocycles. The van der Waals surface area contributed by atoms with Gasteiger partial charge < -0.3 is 14.5 Å². The summed E-state index contributed by atoms with van der Waals surface area (Å²) in [5, 5.41) is 2.76. The van der Waals surface area contributed by atoms with E-state index in [2.05, 4.69) is 5.32 Å². The maximum absolute atomic E-state index is 12.0. The third-order valence-electron chi connectivity index (χ3n) is 3.12. The Hall–Kier alpha value is -2.11. The molecule has 1 saturated carbocycles. The van der Waals surface area contributed by atoms with Gasteiger partial charge in [-0.3, -0.25) is 4.79 Å². The second kappa shape index (κ2) is 5.48. The van der Waals surface area contributed by atoms with Gasteiger partial charge in [-0.05, 0) is 39.2 Å². The fourth-order valence-corrected chi connectivity index (χ4v) is 1.88. The maximum atomic E-state index is 12.0. The molecule has 0 spiro atoms. The fraction of sp³-hybridized carbons (Fsp3) is 0.500. The van der Waals surface area contributed by atoms with Crippen LogP contribution in [0.25, 0.3) is 0 Å². The fourth-order valence-electron chi connectivity index (χ4n) is 1.88. The Labute approximate surface area is 116 Å². The van der Waals surface area contributed by atoms with Crippen molar-refractivity contribution in [1.82, 2.24) is 5.32 Å². The quantitative estimate of drug-likeness (QED) is 0.833. The van der Waals surface area contributed by atoms with Crippen LogP contribution in [0, 0.1) is 13.8 Å². The smallest absolute Gasteiger partial charge is 0.342 e. The molecular formula is C14H17NO5. The minimum atomic E-state index is -0.881. The topological polar surface area (TPSA) is 85.6 Å². The first-order valence-electron chi connectivity index (χ1n) is 6.51. The van der Waals surface area contributed by atoms with Crippen molar-refractivity contribution in [2.24, 2.45) is 0 Å². The van der Waals surface area contributed by atoms with Gasteiger partial charge in [-0.15, -0.1) is 0 Å². The zero-order valence-corrected chi connectivity index (χ0v) is 11.7. The highest BCUT2D eigenvalue weighted by molar-refractivity contribution is 5.94. The number of rotatable bonds is 4. The molecule has 2 rings (SSSR count). The van der Waals surface area contributed by atoms with E-state index in [1.807, 2.05) is 0 Å². The normalized spacial score (nSPS) is 15.6. The number of hydrogen-bond acceptors (Lipinski definition) is 5. The Morgan fingerprint density at radius 2 is 2.05 bits per heavy atom. The summed E-state index contributed by atoms with van der Waals surface area (Å²) in [4.78, 5) is 34.9. The van der Waals surface area contributed by atoms with Gasteiger partial charge in [0.25, 0.3) is 5.91 Å². The summed E-state index contributed by atoms with van der Waals surface area (Å²) < 4.78 is 9.99. The van der Waals surface area contributed by atoms with Gasteiger partial charge in [0.05, 0.1) is 0 Å². The molecule has 0 radical (unpaired) electrons. The average molecular weight is 279 g/mol. The van der Waals surface area contributed by atoms with Gasteiger partial charge in [0.15, 0.2) is 6.10 Å². The molecule has 0 aliphatic heterocycles. The second-order valence-corrected chi connectivity index (χ2v) is 5.01. The van der Waals surface area contributed by atoms with Gasteiger partial charge in [-0.25, -0.2) is 9.59 Å². The zero-order valence-electron chi connectivity index (χ0n) is 11.7. The molecule has 1 aromatic heterocycles. The number of carbonyl (C=O) groups excluding carboxylic acids is 2. The lowest BCUT2D eigenvalue weighted by Crippen LogP contribution is -2.37. The van der Waals surface area contributed by atoms with Crippen molar-refractivity contribution in [2.45, 2.75) is 45.8 Å². The van der Waals surface area contributed by atoms with Crippen molar-refractivity contribution < 1.29 is 18.7 Å². The van der Waals surface area contributed by atoms with E-state index in [1.54, 1.807) is 6.92 Å². The molecule has 6 heteroatoms. The van der Waals surface area contributed by atoms with Crippen LogP contribution in [0.4, 0.5) is 0 Å². The van der Waals surface area contributed by atoms with E-state index in [0.29, 0.717) is 5.56 Å². The van der Waals surface area contributed by atoms with Crippen LogP contribution in [0.5, 0.6) is 0 Å². The third kappa shape index (κ3) is 3.26. The highest BCUT2D eigenvalue weighted by atomic mass is 16.5. The standard InChI is InChI=1S/C14H17NO5/c1-7-6-11(16)19-8(2)12(7)14(18)20-9(3)13(17)15-10-4-5-10/h6,9-10H,4-5H2,1-3H3,(H,15,17)/t9-/m1/s1. The van der Waals surface area contributed by atoms with Crippen molar-refractivity contribution in [1.29, 1.82) is 0 Å². The Bertz CT molecular complexity index is 574. The summed E-state index contributed by atoms with van der Waals surface area (Å²) in [5.41, 5.74) is 0.144. The van der Waals surface area contributed by atoms with Crippen LogP contribution in [-0.2, 0) is 9.53 Å². The highest BCUT2D eigenvalue weighted by Crippen LogP contribution is 2.19. The Balaban J connectivity index is 2.07. The minimum absolute atomic E-state index is 0.190. The van der Waals surface area contributed by atoms with Crippen molar-refractivity contribution >= 4 is 11.9 Å². The van der Waals surface area contributed by atoms with Crippen LogP contribution in [0.3, 0.4) is 0 Å². The molecule has 0 unspecified atom stereocenters. The first-order valence-corrected chi connectivity index (χ1v) is 6.51. The van der Waals surface area contributed by atoms with E-state index in [4.69, 9.17) is 9.15 Å². The van der Waals surface area contributed by atoms with Gasteiger partial charge in [0.1, 0.15) is 11.3 Å². The molecule has 1 aromatic rings. The number of aryl methyl sites for hydroxylation is 2. The van der Waals surface area contributed by atoms with E-state index in [-0.39, 0.29) is 23.3 Å². The lowest BCUT2D eigenvalue weighted by molar-refractivity contribution is -0.129. The molecule has 1 fully saturated rings. The Morgan fingerprint density at radius 1 is 1.40 bits per heavy atom. The van der Waals surface area contributed by atoms with Crippen LogP contribution in [0.2, 0.25) is 0 Å². The SMILES string of the molecule is Cc1cc(=O)oc(C)c1C(=O)O[C@H](C)C(=O)NC1CC1. The molecule has 0 saturated heterocycles. The van der Waals surface area contributed by atoms with Crippen molar-refractivity contribution in [3.8, 4) is 0 Å². The largest absolute Gasteiger partial charge is 0.449 e. The molecule has 1 N–H and O–H groups in total. The first kappa shape index (κ1) is 14.3. The zero-order chi connectivity index (χ0) is 14.9. The number of hydrogen-bond donors (Lipinski definition) is 1. The molecule has 108 valence electrons. The predicted octanol–water partition coefficient (Wildman–Crippen LogP) is 1.08. The predicted molar refractivity (Wildman–Crippen MR) is 70.5 cm³/mol. The van der Waals surface area contributed by atoms with Crippen LogP contribution in [0.15, 0.2) is 15.3 Å². The number of carbonyl (C=O) groups is 2. The summed E-state index contributed by atoms with van der Waals surface area (Å²) >= 11 is 0. The van der Waals surface area contributed by atoms with Crippen LogP contribution in [0.1, 0.15) is 41.4 Å². The molecule has 0 aromatic carbocycles. The lowest BCUT2D eigenvalue weighted by atomic mass is 10.1. The molecule has 1 aliphatic rings. The van der Waals surface area contributed by atoms with Crippen molar-refractivity contribution in [3.05, 3.63) is 33.4 Å². The van der Waals surface area contributed by atoms with Crippen molar-refractivity contribution in [3.63, 3.8) is 0 Å². The molecule has 0 bridgehead atoms. The summed E-state index contributed by atoms with van der Waals surface area (Å²) in [6.45, 7) is 4.65. The van der Waals surface area contributed by atoms with Gasteiger partial charge >= 0.3 is 11.6 Å². The lowest BCUT2D eigenvalue weighted by Gasteiger charge is -2.14. The van der Waals surface area contributed by atoms with Crippen molar-refractivity contribution in [2.75, 3.05) is 0 Å². The Kier molecular flexibility index (Phi) is 3.92. The van der Waals surface area contributed by atoms with E-state index in [9.17, 15) is 14.4 Å². The minimum Gasteiger partial charge on any atom is -0.449 e.